The second kappa shape index (κ2) is 5.06. The number of likely N-dealkylation sites (tertiary alicyclic amines) is 1. The van der Waals surface area contributed by atoms with Gasteiger partial charge in [0.2, 0.25) is 0 Å². The van der Waals surface area contributed by atoms with Gasteiger partial charge in [0.1, 0.15) is 5.75 Å². The molecule has 1 atom stereocenters. The van der Waals surface area contributed by atoms with Crippen molar-refractivity contribution in [2.45, 2.75) is 19.1 Å². The number of benzene rings is 1. The molecule has 1 aromatic carbocycles. The van der Waals surface area contributed by atoms with Crippen LogP contribution < -0.4 is 10.5 Å². The van der Waals surface area contributed by atoms with Gasteiger partial charge in [-0.1, -0.05) is 15.9 Å². The third-order valence-electron chi connectivity index (χ3n) is 2.89. The molecule has 1 heterocycles. The zero-order valence-corrected chi connectivity index (χ0v) is 11.2. The van der Waals surface area contributed by atoms with Crippen LogP contribution in [0.1, 0.15) is 12.0 Å². The van der Waals surface area contributed by atoms with E-state index in [0.29, 0.717) is 12.3 Å². The largest absolute Gasteiger partial charge is 0.481 e. The standard InChI is InChI=1S/C12H15BrN2O2/c1-15-5-4-11(12(15)16)17-9-2-3-10(13)8(6-9)7-14/h2-3,6,11H,4-5,7,14H2,1H3. The van der Waals surface area contributed by atoms with E-state index in [9.17, 15) is 4.79 Å². The Balaban J connectivity index is 2.11. The molecule has 1 saturated heterocycles. The summed E-state index contributed by atoms with van der Waals surface area (Å²) in [5.74, 6) is 0.740. The Kier molecular flexibility index (Phi) is 3.69. The van der Waals surface area contributed by atoms with Gasteiger partial charge in [-0.25, -0.2) is 0 Å². The van der Waals surface area contributed by atoms with E-state index in [1.807, 2.05) is 18.2 Å². The number of ether oxygens (including phenoxy) is 1. The van der Waals surface area contributed by atoms with Crippen LogP contribution in [-0.2, 0) is 11.3 Å². The second-order valence-electron chi connectivity index (χ2n) is 4.11. The first-order valence-corrected chi connectivity index (χ1v) is 6.31. The molecule has 17 heavy (non-hydrogen) atoms. The number of carbonyl (C=O) groups excluding carboxylic acids is 1. The molecular formula is C12H15BrN2O2. The van der Waals surface area contributed by atoms with Crippen LogP contribution in [0.3, 0.4) is 0 Å². The maximum Gasteiger partial charge on any atom is 0.263 e. The van der Waals surface area contributed by atoms with Gasteiger partial charge in [0.05, 0.1) is 0 Å². The molecule has 1 amide bonds. The zero-order chi connectivity index (χ0) is 12.4. The molecule has 1 unspecified atom stereocenters. The third-order valence-corrected chi connectivity index (χ3v) is 3.67. The van der Waals surface area contributed by atoms with Crippen molar-refractivity contribution in [3.63, 3.8) is 0 Å². The van der Waals surface area contributed by atoms with E-state index >= 15 is 0 Å². The summed E-state index contributed by atoms with van der Waals surface area (Å²) in [5.41, 5.74) is 6.59. The molecule has 0 radical (unpaired) electrons. The van der Waals surface area contributed by atoms with Crippen molar-refractivity contribution in [2.75, 3.05) is 13.6 Å². The smallest absolute Gasteiger partial charge is 0.263 e. The normalized spacial score (nSPS) is 19.8. The molecule has 1 fully saturated rings. The Morgan fingerprint density at radius 3 is 2.94 bits per heavy atom. The van der Waals surface area contributed by atoms with E-state index in [2.05, 4.69) is 15.9 Å². The van der Waals surface area contributed by atoms with Crippen LogP contribution in [0, 0.1) is 0 Å². The SMILES string of the molecule is CN1CCC(Oc2ccc(Br)c(CN)c2)C1=O. The van der Waals surface area contributed by atoms with Crippen LogP contribution in [0.5, 0.6) is 5.75 Å². The molecule has 1 aromatic rings. The molecule has 4 nitrogen and oxygen atoms in total. The Bertz CT molecular complexity index is 437. The first-order chi connectivity index (χ1) is 8.11. The highest BCUT2D eigenvalue weighted by molar-refractivity contribution is 9.10. The predicted molar refractivity (Wildman–Crippen MR) is 68.7 cm³/mol. The molecule has 0 bridgehead atoms. The van der Waals surface area contributed by atoms with Gasteiger partial charge in [0, 0.05) is 31.0 Å². The summed E-state index contributed by atoms with van der Waals surface area (Å²) >= 11 is 3.41. The second-order valence-corrected chi connectivity index (χ2v) is 4.97. The molecule has 2 N–H and O–H groups in total. The van der Waals surface area contributed by atoms with Crippen LogP contribution in [0.2, 0.25) is 0 Å². The number of amides is 1. The van der Waals surface area contributed by atoms with Crippen molar-refractivity contribution in [2.24, 2.45) is 5.73 Å². The lowest BCUT2D eigenvalue weighted by molar-refractivity contribution is -0.132. The number of hydrogen-bond acceptors (Lipinski definition) is 3. The van der Waals surface area contributed by atoms with Crippen molar-refractivity contribution in [3.8, 4) is 5.75 Å². The van der Waals surface area contributed by atoms with E-state index in [1.54, 1.807) is 11.9 Å². The first kappa shape index (κ1) is 12.4. The van der Waals surface area contributed by atoms with Gasteiger partial charge in [-0.2, -0.15) is 0 Å². The number of nitrogens with two attached hydrogens (primary N) is 1. The topological polar surface area (TPSA) is 55.6 Å². The number of likely N-dealkylation sites (N-methyl/N-ethyl adjacent to an activating group) is 1. The molecule has 5 heteroatoms. The van der Waals surface area contributed by atoms with E-state index in [-0.39, 0.29) is 12.0 Å². The number of hydrogen-bond donors (Lipinski definition) is 1. The molecule has 0 aromatic heterocycles. The van der Waals surface area contributed by atoms with Gasteiger partial charge < -0.3 is 15.4 Å². The van der Waals surface area contributed by atoms with E-state index < -0.39 is 0 Å². The fraction of sp³-hybridized carbons (Fsp3) is 0.417. The maximum atomic E-state index is 11.7. The summed E-state index contributed by atoms with van der Waals surface area (Å²) < 4.78 is 6.65. The minimum atomic E-state index is -0.355. The van der Waals surface area contributed by atoms with E-state index in [1.165, 1.54) is 0 Å². The van der Waals surface area contributed by atoms with Gasteiger partial charge in [-0.3, -0.25) is 4.79 Å². The monoisotopic (exact) mass is 298 g/mol. The minimum absolute atomic E-state index is 0.0437. The Morgan fingerprint density at radius 2 is 2.35 bits per heavy atom. The van der Waals surface area contributed by atoms with Crippen LogP contribution in [-0.4, -0.2) is 30.5 Å². The Hall–Kier alpha value is -1.07. The molecule has 0 spiro atoms. The van der Waals surface area contributed by atoms with Crippen molar-refractivity contribution < 1.29 is 9.53 Å². The van der Waals surface area contributed by atoms with Gasteiger partial charge in [0.25, 0.3) is 5.91 Å². The molecule has 1 aliphatic heterocycles. The molecule has 0 aliphatic carbocycles. The van der Waals surface area contributed by atoms with Crippen molar-refractivity contribution in [1.82, 2.24) is 4.90 Å². The fourth-order valence-corrected chi connectivity index (χ4v) is 2.25. The summed E-state index contributed by atoms with van der Waals surface area (Å²) in [6.07, 6.45) is 0.385. The number of carbonyl (C=O) groups is 1. The van der Waals surface area contributed by atoms with Crippen LogP contribution in [0.25, 0.3) is 0 Å². The van der Waals surface area contributed by atoms with E-state index in [0.717, 1.165) is 23.0 Å². The summed E-state index contributed by atoms with van der Waals surface area (Å²) in [7, 11) is 1.79. The van der Waals surface area contributed by atoms with Crippen LogP contribution >= 0.6 is 15.9 Å². The fourth-order valence-electron chi connectivity index (χ4n) is 1.84. The van der Waals surface area contributed by atoms with Gasteiger partial charge in [-0.15, -0.1) is 0 Å². The lowest BCUT2D eigenvalue weighted by Crippen LogP contribution is -2.29. The zero-order valence-electron chi connectivity index (χ0n) is 9.65. The lowest BCUT2D eigenvalue weighted by Gasteiger charge is -2.14. The highest BCUT2D eigenvalue weighted by Crippen LogP contribution is 2.24. The first-order valence-electron chi connectivity index (χ1n) is 5.52. The highest BCUT2D eigenvalue weighted by atomic mass is 79.9. The molecule has 1 aliphatic rings. The van der Waals surface area contributed by atoms with E-state index in [4.69, 9.17) is 10.5 Å². The van der Waals surface area contributed by atoms with Crippen LogP contribution in [0.15, 0.2) is 22.7 Å². The predicted octanol–water partition coefficient (Wildman–Crippen LogP) is 1.52. The number of rotatable bonds is 3. The summed E-state index contributed by atoms with van der Waals surface area (Å²) in [5, 5.41) is 0. The third kappa shape index (κ3) is 2.61. The number of halogens is 1. The lowest BCUT2D eigenvalue weighted by atomic mass is 10.2. The quantitative estimate of drug-likeness (QED) is 0.920. The Labute approximate surface area is 109 Å². The molecule has 0 saturated carbocycles. The van der Waals surface area contributed by atoms with Gasteiger partial charge in [0.15, 0.2) is 6.10 Å². The summed E-state index contributed by atoms with van der Waals surface area (Å²) in [6, 6.07) is 5.60. The average Bonchev–Trinajstić information content (AvgIpc) is 2.63. The Morgan fingerprint density at radius 1 is 1.59 bits per heavy atom. The van der Waals surface area contributed by atoms with Gasteiger partial charge >= 0.3 is 0 Å². The average molecular weight is 299 g/mol. The maximum absolute atomic E-state index is 11.7. The van der Waals surface area contributed by atoms with Crippen molar-refractivity contribution >= 4 is 21.8 Å². The highest BCUT2D eigenvalue weighted by Gasteiger charge is 2.30. The van der Waals surface area contributed by atoms with Crippen molar-refractivity contribution in [1.29, 1.82) is 0 Å². The molecule has 2 rings (SSSR count). The minimum Gasteiger partial charge on any atom is -0.481 e. The summed E-state index contributed by atoms with van der Waals surface area (Å²) in [6.45, 7) is 1.19. The van der Waals surface area contributed by atoms with Crippen LogP contribution in [0.4, 0.5) is 0 Å². The molecule has 92 valence electrons. The number of nitrogens with zero attached hydrogens (tertiary/aromatic N) is 1. The summed E-state index contributed by atoms with van der Waals surface area (Å²) in [4.78, 5) is 13.4. The van der Waals surface area contributed by atoms with Gasteiger partial charge in [-0.05, 0) is 23.8 Å². The van der Waals surface area contributed by atoms with Crippen molar-refractivity contribution in [3.05, 3.63) is 28.2 Å². The molecular weight excluding hydrogens is 284 g/mol.